The molecule has 0 aromatic rings. The van der Waals surface area contributed by atoms with Crippen LogP contribution in [0.15, 0.2) is 0 Å². The Kier molecular flexibility index (Phi) is 4.80. The Morgan fingerprint density at radius 2 is 1.50 bits per heavy atom. The minimum absolute atomic E-state index is 0.356. The first-order valence-electron chi connectivity index (χ1n) is 4.37. The number of nitrogens with zero attached hydrogens (tertiary/aromatic N) is 1. The third-order valence-corrected chi connectivity index (χ3v) is 1.82. The van der Waals surface area contributed by atoms with Crippen LogP contribution in [0.2, 0.25) is 0 Å². The third-order valence-electron chi connectivity index (χ3n) is 1.82. The van der Waals surface area contributed by atoms with Crippen LogP contribution in [-0.2, 0) is 0 Å². The van der Waals surface area contributed by atoms with Gasteiger partial charge in [-0.2, -0.15) is 0 Å². The van der Waals surface area contributed by atoms with Gasteiger partial charge in [-0.1, -0.05) is 6.92 Å². The number of alkyl halides is 4. The van der Waals surface area contributed by atoms with Gasteiger partial charge in [0.1, 0.15) is 0 Å². The van der Waals surface area contributed by atoms with E-state index < -0.39 is 31.5 Å². The SMILES string of the molecule is CCC(F)(F)CN(C)CC(F)(F)CN. The van der Waals surface area contributed by atoms with Gasteiger partial charge in [-0.25, -0.2) is 17.6 Å². The molecule has 6 heteroatoms. The first-order valence-corrected chi connectivity index (χ1v) is 4.37. The van der Waals surface area contributed by atoms with Crippen molar-refractivity contribution in [3.8, 4) is 0 Å². The molecule has 0 amide bonds. The maximum atomic E-state index is 12.8. The summed E-state index contributed by atoms with van der Waals surface area (Å²) in [7, 11) is 1.23. The van der Waals surface area contributed by atoms with Crippen LogP contribution in [0.4, 0.5) is 17.6 Å². The van der Waals surface area contributed by atoms with Crippen molar-refractivity contribution in [1.82, 2.24) is 4.90 Å². The second kappa shape index (κ2) is 4.93. The molecule has 0 rings (SSSR count). The summed E-state index contributed by atoms with van der Waals surface area (Å²) in [6.45, 7) is -0.915. The van der Waals surface area contributed by atoms with Gasteiger partial charge in [-0.3, -0.25) is 4.90 Å². The van der Waals surface area contributed by atoms with Gasteiger partial charge in [0.2, 0.25) is 0 Å². The topological polar surface area (TPSA) is 29.3 Å². The number of halogens is 4. The van der Waals surface area contributed by atoms with Gasteiger partial charge in [-0.15, -0.1) is 0 Å². The second-order valence-electron chi connectivity index (χ2n) is 3.44. The minimum Gasteiger partial charge on any atom is -0.325 e. The van der Waals surface area contributed by atoms with Crippen molar-refractivity contribution in [3.63, 3.8) is 0 Å². The third kappa shape index (κ3) is 5.39. The van der Waals surface area contributed by atoms with E-state index in [1.807, 2.05) is 0 Å². The quantitative estimate of drug-likeness (QED) is 0.683. The van der Waals surface area contributed by atoms with E-state index in [0.717, 1.165) is 4.90 Å². The predicted octanol–water partition coefficient (Wildman–Crippen LogP) is 1.56. The fourth-order valence-electron chi connectivity index (χ4n) is 1.02. The summed E-state index contributed by atoms with van der Waals surface area (Å²) in [6, 6.07) is 0. The lowest BCUT2D eigenvalue weighted by atomic mass is 10.2. The Hall–Kier alpha value is -0.360. The van der Waals surface area contributed by atoms with Crippen molar-refractivity contribution in [2.45, 2.75) is 25.2 Å². The van der Waals surface area contributed by atoms with E-state index in [4.69, 9.17) is 5.73 Å². The molecule has 0 aliphatic carbocycles. The average molecular weight is 216 g/mol. The molecular weight excluding hydrogens is 200 g/mol. The summed E-state index contributed by atoms with van der Waals surface area (Å²) in [5.41, 5.74) is 4.79. The molecular formula is C8H16F4N2. The molecule has 0 spiro atoms. The smallest absolute Gasteiger partial charge is 0.272 e. The zero-order valence-corrected chi connectivity index (χ0v) is 8.36. The standard InChI is InChI=1S/C8H16F4N2/c1-3-7(9,10)5-14(2)6-8(11,12)4-13/h3-6,13H2,1-2H3. The van der Waals surface area contributed by atoms with Gasteiger partial charge >= 0.3 is 0 Å². The van der Waals surface area contributed by atoms with Crippen LogP contribution >= 0.6 is 0 Å². The summed E-state index contributed by atoms with van der Waals surface area (Å²) in [5.74, 6) is -6.02. The molecule has 14 heavy (non-hydrogen) atoms. The molecule has 2 nitrogen and oxygen atoms in total. The van der Waals surface area contributed by atoms with Crippen LogP contribution in [0.3, 0.4) is 0 Å². The van der Waals surface area contributed by atoms with Crippen LogP contribution in [-0.4, -0.2) is 43.4 Å². The summed E-state index contributed by atoms with van der Waals surface area (Å²) >= 11 is 0. The van der Waals surface area contributed by atoms with E-state index in [1.165, 1.54) is 14.0 Å². The van der Waals surface area contributed by atoms with Gasteiger partial charge in [0.05, 0.1) is 19.6 Å². The fourth-order valence-corrected chi connectivity index (χ4v) is 1.02. The van der Waals surface area contributed by atoms with Crippen molar-refractivity contribution in [3.05, 3.63) is 0 Å². The number of hydrogen-bond acceptors (Lipinski definition) is 2. The molecule has 0 fully saturated rings. The van der Waals surface area contributed by atoms with E-state index in [1.54, 1.807) is 0 Å². The van der Waals surface area contributed by atoms with Gasteiger partial charge < -0.3 is 5.73 Å². The normalized spacial score (nSPS) is 13.7. The highest BCUT2D eigenvalue weighted by Gasteiger charge is 2.33. The van der Waals surface area contributed by atoms with E-state index in [9.17, 15) is 17.6 Å². The Balaban J connectivity index is 4.04. The van der Waals surface area contributed by atoms with Crippen LogP contribution in [0.25, 0.3) is 0 Å². The first-order chi connectivity index (χ1) is 6.22. The van der Waals surface area contributed by atoms with Gasteiger partial charge in [0, 0.05) is 6.42 Å². The van der Waals surface area contributed by atoms with Gasteiger partial charge in [0.25, 0.3) is 11.8 Å². The van der Waals surface area contributed by atoms with Crippen molar-refractivity contribution < 1.29 is 17.6 Å². The molecule has 0 aromatic carbocycles. The molecule has 86 valence electrons. The van der Waals surface area contributed by atoms with Crippen molar-refractivity contribution in [1.29, 1.82) is 0 Å². The van der Waals surface area contributed by atoms with Gasteiger partial charge in [-0.05, 0) is 7.05 Å². The number of hydrogen-bond donors (Lipinski definition) is 1. The lowest BCUT2D eigenvalue weighted by molar-refractivity contribution is -0.0641. The predicted molar refractivity (Wildman–Crippen MR) is 46.7 cm³/mol. The second-order valence-corrected chi connectivity index (χ2v) is 3.44. The highest BCUT2D eigenvalue weighted by Crippen LogP contribution is 2.20. The molecule has 0 saturated heterocycles. The largest absolute Gasteiger partial charge is 0.325 e. The molecule has 0 unspecified atom stereocenters. The Bertz CT molecular complexity index is 155. The highest BCUT2D eigenvalue weighted by atomic mass is 19.3. The maximum absolute atomic E-state index is 12.8. The van der Waals surface area contributed by atoms with Crippen LogP contribution in [0.5, 0.6) is 0 Å². The first kappa shape index (κ1) is 13.6. The fraction of sp³-hybridized carbons (Fsp3) is 1.00. The van der Waals surface area contributed by atoms with Crippen molar-refractivity contribution in [2.24, 2.45) is 5.73 Å². The average Bonchev–Trinajstić information content (AvgIpc) is 2.02. The zero-order chi connectivity index (χ0) is 11.4. The van der Waals surface area contributed by atoms with Crippen LogP contribution in [0.1, 0.15) is 13.3 Å². The Labute approximate surface area is 81.1 Å². The summed E-state index contributed by atoms with van der Waals surface area (Å²) in [5, 5.41) is 0. The number of nitrogens with two attached hydrogens (primary N) is 1. The molecule has 0 saturated carbocycles. The summed E-state index contributed by atoms with van der Waals surface area (Å²) < 4.78 is 50.9. The molecule has 0 heterocycles. The van der Waals surface area contributed by atoms with E-state index in [-0.39, 0.29) is 6.42 Å². The lowest BCUT2D eigenvalue weighted by Gasteiger charge is -2.26. The molecule has 0 atom stereocenters. The Morgan fingerprint density at radius 3 is 1.86 bits per heavy atom. The van der Waals surface area contributed by atoms with Crippen LogP contribution in [0, 0.1) is 0 Å². The molecule has 0 aliphatic heterocycles. The van der Waals surface area contributed by atoms with E-state index >= 15 is 0 Å². The molecule has 0 radical (unpaired) electrons. The zero-order valence-electron chi connectivity index (χ0n) is 8.36. The highest BCUT2D eigenvalue weighted by molar-refractivity contribution is 4.75. The number of rotatable bonds is 6. The van der Waals surface area contributed by atoms with Gasteiger partial charge in [0.15, 0.2) is 0 Å². The summed E-state index contributed by atoms with van der Waals surface area (Å²) in [6.07, 6.45) is -0.356. The summed E-state index contributed by atoms with van der Waals surface area (Å²) in [4.78, 5) is 0.899. The van der Waals surface area contributed by atoms with E-state index in [0.29, 0.717) is 0 Å². The Morgan fingerprint density at radius 1 is 1.07 bits per heavy atom. The van der Waals surface area contributed by atoms with Crippen molar-refractivity contribution in [2.75, 3.05) is 26.7 Å². The monoisotopic (exact) mass is 216 g/mol. The molecule has 0 aromatic heterocycles. The van der Waals surface area contributed by atoms with Crippen molar-refractivity contribution >= 4 is 0 Å². The molecule has 0 bridgehead atoms. The minimum atomic E-state index is -3.10. The molecule has 2 N–H and O–H groups in total. The van der Waals surface area contributed by atoms with E-state index in [2.05, 4.69) is 0 Å². The maximum Gasteiger partial charge on any atom is 0.272 e. The molecule has 0 aliphatic rings. The van der Waals surface area contributed by atoms with Crippen LogP contribution < -0.4 is 5.73 Å². The lowest BCUT2D eigenvalue weighted by Crippen LogP contribution is -2.44.